The highest BCUT2D eigenvalue weighted by atomic mass is 32.1. The van der Waals surface area contributed by atoms with Crippen molar-refractivity contribution in [3.63, 3.8) is 0 Å². The summed E-state index contributed by atoms with van der Waals surface area (Å²) in [7, 11) is 0. The normalized spacial score (nSPS) is 17.6. The average molecular weight is 321 g/mol. The van der Waals surface area contributed by atoms with Crippen molar-refractivity contribution in [2.75, 3.05) is 18.5 Å². The first-order valence-electron chi connectivity index (χ1n) is 7.35. The van der Waals surface area contributed by atoms with E-state index in [4.69, 9.17) is 9.15 Å². The summed E-state index contributed by atoms with van der Waals surface area (Å²) in [6, 6.07) is 3.72. The minimum Gasteiger partial charge on any atom is -0.458 e. The van der Waals surface area contributed by atoms with Crippen LogP contribution >= 0.6 is 11.3 Å². The first-order chi connectivity index (χ1) is 10.7. The third kappa shape index (κ3) is 3.86. The van der Waals surface area contributed by atoms with Crippen LogP contribution < -0.4 is 10.6 Å². The number of rotatable bonds is 6. The highest BCUT2D eigenvalue weighted by Gasteiger charge is 2.16. The van der Waals surface area contributed by atoms with Gasteiger partial charge in [-0.3, -0.25) is 4.79 Å². The Balaban J connectivity index is 1.57. The number of hydrogen-bond acceptors (Lipinski definition) is 6. The van der Waals surface area contributed by atoms with E-state index in [0.29, 0.717) is 24.2 Å². The summed E-state index contributed by atoms with van der Waals surface area (Å²) in [5.41, 5.74) is 0.800. The molecule has 22 heavy (non-hydrogen) atoms. The smallest absolute Gasteiger partial charge is 0.217 e. The summed E-state index contributed by atoms with van der Waals surface area (Å²) in [5.74, 6) is 1.35. The van der Waals surface area contributed by atoms with Crippen LogP contribution in [0.1, 0.15) is 25.5 Å². The number of anilines is 1. The summed E-state index contributed by atoms with van der Waals surface area (Å²) in [4.78, 5) is 15.4. The zero-order valence-corrected chi connectivity index (χ0v) is 13.2. The van der Waals surface area contributed by atoms with Crippen LogP contribution in [-0.2, 0) is 16.1 Å². The van der Waals surface area contributed by atoms with Crippen LogP contribution in [0.15, 0.2) is 21.9 Å². The molecule has 0 aromatic carbocycles. The van der Waals surface area contributed by atoms with Crippen LogP contribution in [-0.4, -0.2) is 30.1 Å². The monoisotopic (exact) mass is 321 g/mol. The number of furan rings is 1. The van der Waals surface area contributed by atoms with Crippen molar-refractivity contribution in [1.82, 2.24) is 10.3 Å². The van der Waals surface area contributed by atoms with Gasteiger partial charge in [0.2, 0.25) is 5.91 Å². The van der Waals surface area contributed by atoms with Crippen LogP contribution in [0.3, 0.4) is 0 Å². The van der Waals surface area contributed by atoms with Gasteiger partial charge in [-0.15, -0.1) is 11.3 Å². The van der Waals surface area contributed by atoms with Crippen molar-refractivity contribution in [2.45, 2.75) is 32.4 Å². The van der Waals surface area contributed by atoms with Crippen LogP contribution in [0.2, 0.25) is 0 Å². The maximum atomic E-state index is 10.9. The van der Waals surface area contributed by atoms with Gasteiger partial charge in [0.15, 0.2) is 10.9 Å². The van der Waals surface area contributed by atoms with E-state index in [1.807, 2.05) is 17.5 Å². The zero-order chi connectivity index (χ0) is 15.4. The second-order valence-electron chi connectivity index (χ2n) is 5.23. The first-order valence-corrected chi connectivity index (χ1v) is 8.23. The number of aromatic nitrogens is 1. The van der Waals surface area contributed by atoms with Gasteiger partial charge in [-0.05, 0) is 25.0 Å². The van der Waals surface area contributed by atoms with E-state index in [2.05, 4.69) is 15.6 Å². The fourth-order valence-electron chi connectivity index (χ4n) is 2.30. The van der Waals surface area contributed by atoms with Crippen molar-refractivity contribution in [1.29, 1.82) is 0 Å². The Morgan fingerprint density at radius 3 is 3.18 bits per heavy atom. The second kappa shape index (κ2) is 6.93. The van der Waals surface area contributed by atoms with E-state index in [-0.39, 0.29) is 5.91 Å². The van der Waals surface area contributed by atoms with E-state index >= 15 is 0 Å². The van der Waals surface area contributed by atoms with Gasteiger partial charge in [0.25, 0.3) is 0 Å². The SMILES string of the molecule is CC(=O)NCc1ccc(-c2csc(NC[C@H]3CCCO3)n2)o1. The Labute approximate surface area is 132 Å². The lowest BCUT2D eigenvalue weighted by molar-refractivity contribution is -0.119. The molecule has 2 aromatic rings. The number of carbonyl (C=O) groups is 1. The number of amides is 1. The Morgan fingerprint density at radius 2 is 2.41 bits per heavy atom. The maximum Gasteiger partial charge on any atom is 0.217 e. The van der Waals surface area contributed by atoms with Crippen molar-refractivity contribution in [3.8, 4) is 11.5 Å². The molecule has 2 aromatic heterocycles. The second-order valence-corrected chi connectivity index (χ2v) is 6.09. The van der Waals surface area contributed by atoms with Gasteiger partial charge in [0.05, 0.1) is 12.6 Å². The molecule has 0 saturated carbocycles. The standard InChI is InChI=1S/C15H19N3O3S/c1-10(19)16-8-12-4-5-14(21-12)13-9-22-15(18-13)17-7-11-3-2-6-20-11/h4-5,9,11H,2-3,6-8H2,1H3,(H,16,19)(H,17,18)/t11-/m1/s1. The molecular weight excluding hydrogens is 302 g/mol. The predicted octanol–water partition coefficient (Wildman–Crippen LogP) is 2.63. The lowest BCUT2D eigenvalue weighted by atomic mass is 10.2. The van der Waals surface area contributed by atoms with Gasteiger partial charge < -0.3 is 19.8 Å². The van der Waals surface area contributed by atoms with E-state index < -0.39 is 0 Å². The minimum atomic E-state index is -0.0766. The molecule has 3 rings (SSSR count). The van der Waals surface area contributed by atoms with Gasteiger partial charge in [0.1, 0.15) is 11.5 Å². The zero-order valence-electron chi connectivity index (χ0n) is 12.4. The molecule has 7 heteroatoms. The number of nitrogens with zero attached hydrogens (tertiary/aromatic N) is 1. The van der Waals surface area contributed by atoms with Crippen LogP contribution in [0.25, 0.3) is 11.5 Å². The molecular formula is C15H19N3O3S. The molecule has 1 aliphatic rings. The molecule has 118 valence electrons. The molecule has 6 nitrogen and oxygen atoms in total. The van der Waals surface area contributed by atoms with E-state index in [1.54, 1.807) is 11.3 Å². The van der Waals surface area contributed by atoms with Crippen LogP contribution in [0, 0.1) is 0 Å². The van der Waals surface area contributed by atoms with Gasteiger partial charge in [0, 0.05) is 25.5 Å². The lowest BCUT2D eigenvalue weighted by Crippen LogP contribution is -2.18. The van der Waals surface area contributed by atoms with Gasteiger partial charge in [-0.1, -0.05) is 0 Å². The number of nitrogens with one attached hydrogen (secondary N) is 2. The Bertz CT molecular complexity index is 632. The van der Waals surface area contributed by atoms with Crippen molar-refractivity contribution < 1.29 is 13.9 Å². The maximum absolute atomic E-state index is 10.9. The summed E-state index contributed by atoms with van der Waals surface area (Å²) in [6.45, 7) is 3.53. The predicted molar refractivity (Wildman–Crippen MR) is 84.8 cm³/mol. The Hall–Kier alpha value is -1.86. The topological polar surface area (TPSA) is 76.4 Å². The number of ether oxygens (including phenoxy) is 1. The third-order valence-electron chi connectivity index (χ3n) is 3.43. The first kappa shape index (κ1) is 15.1. The molecule has 0 bridgehead atoms. The molecule has 1 amide bonds. The van der Waals surface area contributed by atoms with E-state index in [0.717, 1.165) is 36.8 Å². The molecule has 0 spiro atoms. The molecule has 0 unspecified atom stereocenters. The van der Waals surface area contributed by atoms with Crippen LogP contribution in [0.4, 0.5) is 5.13 Å². The highest BCUT2D eigenvalue weighted by Crippen LogP contribution is 2.27. The molecule has 0 radical (unpaired) electrons. The molecule has 1 saturated heterocycles. The fraction of sp³-hybridized carbons (Fsp3) is 0.467. The van der Waals surface area contributed by atoms with Crippen molar-refractivity contribution in [3.05, 3.63) is 23.3 Å². The van der Waals surface area contributed by atoms with Crippen molar-refractivity contribution in [2.24, 2.45) is 0 Å². The molecule has 2 N–H and O–H groups in total. The quantitative estimate of drug-likeness (QED) is 0.855. The minimum absolute atomic E-state index is 0.0766. The molecule has 3 heterocycles. The largest absolute Gasteiger partial charge is 0.458 e. The molecule has 1 atom stereocenters. The summed E-state index contributed by atoms with van der Waals surface area (Å²) in [5, 5.41) is 8.84. The molecule has 0 aliphatic carbocycles. The summed E-state index contributed by atoms with van der Waals surface area (Å²) < 4.78 is 11.3. The van der Waals surface area contributed by atoms with Gasteiger partial charge in [-0.2, -0.15) is 0 Å². The lowest BCUT2D eigenvalue weighted by Gasteiger charge is -2.08. The van der Waals surface area contributed by atoms with E-state index in [9.17, 15) is 4.79 Å². The number of hydrogen-bond donors (Lipinski definition) is 2. The fourth-order valence-corrected chi connectivity index (χ4v) is 3.01. The van der Waals surface area contributed by atoms with Gasteiger partial charge in [-0.25, -0.2) is 4.98 Å². The van der Waals surface area contributed by atoms with Crippen molar-refractivity contribution >= 4 is 22.4 Å². The average Bonchev–Trinajstić information content (AvgIpc) is 3.23. The van der Waals surface area contributed by atoms with E-state index in [1.165, 1.54) is 6.92 Å². The number of thiazole rings is 1. The summed E-state index contributed by atoms with van der Waals surface area (Å²) >= 11 is 1.55. The number of carbonyl (C=O) groups excluding carboxylic acids is 1. The molecule has 1 fully saturated rings. The Kier molecular flexibility index (Phi) is 4.74. The van der Waals surface area contributed by atoms with Gasteiger partial charge >= 0.3 is 0 Å². The Morgan fingerprint density at radius 1 is 1.50 bits per heavy atom. The summed E-state index contributed by atoms with van der Waals surface area (Å²) in [6.07, 6.45) is 2.54. The van der Waals surface area contributed by atoms with Crippen LogP contribution in [0.5, 0.6) is 0 Å². The highest BCUT2D eigenvalue weighted by molar-refractivity contribution is 7.14. The third-order valence-corrected chi connectivity index (χ3v) is 4.23. The molecule has 1 aliphatic heterocycles.